The van der Waals surface area contributed by atoms with E-state index >= 15 is 0 Å². The Bertz CT molecular complexity index is 484. The number of carbonyl (C=O) groups is 1. The van der Waals surface area contributed by atoms with Crippen molar-refractivity contribution in [3.8, 4) is 0 Å². The zero-order valence-corrected chi connectivity index (χ0v) is 13.2. The number of hydrogen-bond donors (Lipinski definition) is 1. The van der Waals surface area contributed by atoms with Crippen LogP contribution in [0.5, 0.6) is 0 Å². The lowest BCUT2D eigenvalue weighted by molar-refractivity contribution is 0.0669. The summed E-state index contributed by atoms with van der Waals surface area (Å²) in [5, 5.41) is 3.35. The number of hydrogen-bond acceptors (Lipinski definition) is 2. The van der Waals surface area contributed by atoms with Gasteiger partial charge in [-0.25, -0.2) is 0 Å². The molecule has 2 aliphatic rings. The van der Waals surface area contributed by atoms with Gasteiger partial charge in [0.1, 0.15) is 5.69 Å². The maximum atomic E-state index is 12.8. The minimum atomic E-state index is 0.194. The maximum Gasteiger partial charge on any atom is 0.270 e. The number of carbonyl (C=O) groups excluding carboxylic acids is 1. The van der Waals surface area contributed by atoms with E-state index in [0.717, 1.165) is 18.5 Å². The van der Waals surface area contributed by atoms with E-state index in [-0.39, 0.29) is 5.91 Å². The molecule has 1 aromatic rings. The fraction of sp³-hybridized carbons (Fsp3) is 0.706. The molecular weight excluding hydrogens is 262 g/mol. The normalized spacial score (nSPS) is 26.4. The van der Waals surface area contributed by atoms with Crippen molar-refractivity contribution >= 4 is 5.91 Å². The SMILES string of the molecule is CNC1CCC(N(C)C(=O)c2cccn2C2CCC2)CC1. The summed E-state index contributed by atoms with van der Waals surface area (Å²) in [6.45, 7) is 0. The second-order valence-corrected chi connectivity index (χ2v) is 6.60. The third kappa shape index (κ3) is 2.86. The first-order valence-corrected chi connectivity index (χ1v) is 8.32. The average molecular weight is 289 g/mol. The Balaban J connectivity index is 1.66. The molecule has 116 valence electrons. The predicted octanol–water partition coefficient (Wildman–Crippen LogP) is 2.82. The highest BCUT2D eigenvalue weighted by Crippen LogP contribution is 2.33. The van der Waals surface area contributed by atoms with Crippen molar-refractivity contribution in [3.63, 3.8) is 0 Å². The highest BCUT2D eigenvalue weighted by Gasteiger charge is 2.29. The van der Waals surface area contributed by atoms with Gasteiger partial charge in [-0.15, -0.1) is 0 Å². The fourth-order valence-corrected chi connectivity index (χ4v) is 3.66. The molecule has 21 heavy (non-hydrogen) atoms. The van der Waals surface area contributed by atoms with Gasteiger partial charge in [-0.05, 0) is 64.1 Å². The number of nitrogens with zero attached hydrogens (tertiary/aromatic N) is 2. The number of aromatic nitrogens is 1. The topological polar surface area (TPSA) is 37.3 Å². The predicted molar refractivity (Wildman–Crippen MR) is 84.5 cm³/mol. The quantitative estimate of drug-likeness (QED) is 0.925. The van der Waals surface area contributed by atoms with Gasteiger partial charge >= 0.3 is 0 Å². The smallest absolute Gasteiger partial charge is 0.270 e. The zero-order valence-electron chi connectivity index (χ0n) is 13.2. The van der Waals surface area contributed by atoms with Gasteiger partial charge in [0, 0.05) is 31.4 Å². The number of amides is 1. The van der Waals surface area contributed by atoms with Crippen LogP contribution in [0.1, 0.15) is 61.5 Å². The van der Waals surface area contributed by atoms with Crippen LogP contribution in [0.4, 0.5) is 0 Å². The molecular formula is C17H27N3O. The van der Waals surface area contributed by atoms with Crippen LogP contribution in [0.2, 0.25) is 0 Å². The lowest BCUT2D eigenvalue weighted by atomic mass is 9.90. The highest BCUT2D eigenvalue weighted by atomic mass is 16.2. The molecule has 2 saturated carbocycles. The van der Waals surface area contributed by atoms with E-state index in [1.807, 2.05) is 31.1 Å². The van der Waals surface area contributed by atoms with E-state index < -0.39 is 0 Å². The molecule has 1 amide bonds. The zero-order chi connectivity index (χ0) is 14.8. The summed E-state index contributed by atoms with van der Waals surface area (Å²) < 4.78 is 2.20. The van der Waals surface area contributed by atoms with Crippen molar-refractivity contribution in [2.75, 3.05) is 14.1 Å². The fourth-order valence-electron chi connectivity index (χ4n) is 3.66. The number of nitrogens with one attached hydrogen (secondary N) is 1. The summed E-state index contributed by atoms with van der Waals surface area (Å²) in [7, 11) is 4.01. The molecule has 0 saturated heterocycles. The van der Waals surface area contributed by atoms with Crippen LogP contribution in [0.3, 0.4) is 0 Å². The Hall–Kier alpha value is -1.29. The van der Waals surface area contributed by atoms with Crippen molar-refractivity contribution < 1.29 is 4.79 Å². The van der Waals surface area contributed by atoms with Gasteiger partial charge in [0.25, 0.3) is 5.91 Å². The first kappa shape index (κ1) is 14.6. The minimum Gasteiger partial charge on any atom is -0.340 e. The van der Waals surface area contributed by atoms with E-state index in [1.165, 1.54) is 32.1 Å². The minimum absolute atomic E-state index is 0.194. The van der Waals surface area contributed by atoms with Crippen LogP contribution in [0, 0.1) is 0 Å². The Morgan fingerprint density at radius 1 is 1.24 bits per heavy atom. The Kier molecular flexibility index (Phi) is 4.34. The molecule has 0 spiro atoms. The second kappa shape index (κ2) is 6.22. The molecule has 0 radical (unpaired) electrons. The van der Waals surface area contributed by atoms with Gasteiger partial charge in [0.2, 0.25) is 0 Å². The van der Waals surface area contributed by atoms with Crippen molar-refractivity contribution in [2.24, 2.45) is 0 Å². The van der Waals surface area contributed by atoms with Crippen LogP contribution in [-0.2, 0) is 0 Å². The standard InChI is InChI=1S/C17H27N3O/c1-18-13-8-10-14(11-9-13)19(2)17(21)16-7-4-12-20(16)15-5-3-6-15/h4,7,12-15,18H,3,5-6,8-11H2,1-2H3. The van der Waals surface area contributed by atoms with Crippen LogP contribution in [-0.4, -0.2) is 41.6 Å². The van der Waals surface area contributed by atoms with Crippen LogP contribution >= 0.6 is 0 Å². The van der Waals surface area contributed by atoms with Crippen molar-refractivity contribution in [2.45, 2.75) is 63.1 Å². The molecule has 3 rings (SSSR count). The molecule has 0 unspecified atom stereocenters. The van der Waals surface area contributed by atoms with Crippen molar-refractivity contribution in [1.82, 2.24) is 14.8 Å². The third-order valence-electron chi connectivity index (χ3n) is 5.44. The molecule has 0 aliphatic heterocycles. The van der Waals surface area contributed by atoms with Crippen LogP contribution in [0.25, 0.3) is 0 Å². The van der Waals surface area contributed by atoms with Gasteiger partial charge in [0.05, 0.1) is 0 Å². The molecule has 2 fully saturated rings. The Morgan fingerprint density at radius 2 is 1.95 bits per heavy atom. The summed E-state index contributed by atoms with van der Waals surface area (Å²) in [5.41, 5.74) is 0.873. The summed E-state index contributed by atoms with van der Waals surface area (Å²) in [6, 6.07) is 5.57. The first-order valence-electron chi connectivity index (χ1n) is 8.32. The summed E-state index contributed by atoms with van der Waals surface area (Å²) in [4.78, 5) is 14.8. The largest absolute Gasteiger partial charge is 0.340 e. The van der Waals surface area contributed by atoms with Gasteiger partial charge in [-0.2, -0.15) is 0 Å². The number of rotatable bonds is 4. The maximum absolute atomic E-state index is 12.8. The average Bonchev–Trinajstić information content (AvgIpc) is 2.93. The Morgan fingerprint density at radius 3 is 2.52 bits per heavy atom. The molecule has 0 aromatic carbocycles. The van der Waals surface area contributed by atoms with Crippen LogP contribution < -0.4 is 5.32 Å². The lowest BCUT2D eigenvalue weighted by Gasteiger charge is -2.35. The molecule has 1 heterocycles. The summed E-state index contributed by atoms with van der Waals surface area (Å²) in [6.07, 6.45) is 10.3. The molecule has 4 nitrogen and oxygen atoms in total. The summed E-state index contributed by atoms with van der Waals surface area (Å²) >= 11 is 0. The van der Waals surface area contributed by atoms with Gasteiger partial charge in [0.15, 0.2) is 0 Å². The van der Waals surface area contributed by atoms with Crippen molar-refractivity contribution in [3.05, 3.63) is 24.0 Å². The molecule has 1 N–H and O–H groups in total. The van der Waals surface area contributed by atoms with Crippen molar-refractivity contribution in [1.29, 1.82) is 0 Å². The monoisotopic (exact) mass is 289 g/mol. The van der Waals surface area contributed by atoms with Gasteiger partial charge in [-0.3, -0.25) is 4.79 Å². The van der Waals surface area contributed by atoms with Gasteiger partial charge < -0.3 is 14.8 Å². The second-order valence-electron chi connectivity index (χ2n) is 6.60. The molecule has 0 atom stereocenters. The van der Waals surface area contributed by atoms with Gasteiger partial charge in [-0.1, -0.05) is 0 Å². The van der Waals surface area contributed by atoms with E-state index in [4.69, 9.17) is 0 Å². The van der Waals surface area contributed by atoms with E-state index in [1.54, 1.807) is 0 Å². The highest BCUT2D eigenvalue weighted by molar-refractivity contribution is 5.92. The lowest BCUT2D eigenvalue weighted by Crippen LogP contribution is -2.43. The first-order chi connectivity index (χ1) is 10.2. The summed E-state index contributed by atoms with van der Waals surface area (Å²) in [5.74, 6) is 0.194. The van der Waals surface area contributed by atoms with E-state index in [9.17, 15) is 4.79 Å². The van der Waals surface area contributed by atoms with Crippen LogP contribution in [0.15, 0.2) is 18.3 Å². The molecule has 2 aliphatic carbocycles. The molecule has 4 heteroatoms. The molecule has 0 bridgehead atoms. The molecule has 1 aromatic heterocycles. The third-order valence-corrected chi connectivity index (χ3v) is 5.44. The van der Waals surface area contributed by atoms with E-state index in [0.29, 0.717) is 18.1 Å². The Labute approximate surface area is 127 Å². The van der Waals surface area contributed by atoms with E-state index in [2.05, 4.69) is 16.1 Å².